The molecule has 0 amide bonds. The van der Waals surface area contributed by atoms with E-state index < -0.39 is 0 Å². The molecule has 1 atom stereocenters. The van der Waals surface area contributed by atoms with Crippen molar-refractivity contribution in [1.29, 1.82) is 0 Å². The van der Waals surface area contributed by atoms with Crippen molar-refractivity contribution in [2.75, 3.05) is 13.6 Å². The summed E-state index contributed by atoms with van der Waals surface area (Å²) >= 11 is 0. The van der Waals surface area contributed by atoms with E-state index >= 15 is 0 Å². The lowest BCUT2D eigenvalue weighted by Gasteiger charge is -2.18. The van der Waals surface area contributed by atoms with Crippen molar-refractivity contribution in [2.24, 2.45) is 0 Å². The maximum Gasteiger partial charge on any atom is 0.119 e. The fraction of sp³-hybridized carbons (Fsp3) is 0.571. The predicted molar refractivity (Wildman–Crippen MR) is 69.1 cm³/mol. The van der Waals surface area contributed by atoms with Crippen LogP contribution in [-0.4, -0.2) is 19.7 Å². The number of likely N-dealkylation sites (N-methyl/N-ethyl adjacent to an activating group) is 1. The fourth-order valence-corrected chi connectivity index (χ4v) is 1.75. The summed E-state index contributed by atoms with van der Waals surface area (Å²) < 4.78 is 5.93. The third-order valence-corrected chi connectivity index (χ3v) is 2.68. The minimum Gasteiger partial charge on any atom is -0.489 e. The van der Waals surface area contributed by atoms with Gasteiger partial charge in [0.25, 0.3) is 0 Å². The summed E-state index contributed by atoms with van der Waals surface area (Å²) in [4.78, 5) is 0. The number of nitrogens with one attached hydrogen (secondary N) is 1. The number of aryl methyl sites for hydroxylation is 1. The zero-order chi connectivity index (χ0) is 11.8. The molecule has 0 aliphatic rings. The highest BCUT2D eigenvalue weighted by molar-refractivity contribution is 5.27. The summed E-state index contributed by atoms with van der Waals surface area (Å²) in [6, 6.07) is 8.41. The molecule has 2 nitrogen and oxygen atoms in total. The van der Waals surface area contributed by atoms with Crippen LogP contribution in [0.15, 0.2) is 24.3 Å². The normalized spacial score (nSPS) is 12.4. The molecule has 0 spiro atoms. The maximum atomic E-state index is 5.93. The van der Waals surface area contributed by atoms with Gasteiger partial charge in [-0.3, -0.25) is 0 Å². The first-order valence-electron chi connectivity index (χ1n) is 6.20. The van der Waals surface area contributed by atoms with Gasteiger partial charge in [-0.05, 0) is 37.6 Å². The molecule has 0 bridgehead atoms. The molecular weight excluding hydrogens is 198 g/mol. The zero-order valence-electron chi connectivity index (χ0n) is 10.6. The summed E-state index contributed by atoms with van der Waals surface area (Å²) in [6.45, 7) is 5.26. The largest absolute Gasteiger partial charge is 0.489 e. The molecule has 0 aliphatic heterocycles. The molecule has 0 saturated heterocycles. The molecule has 0 heterocycles. The van der Waals surface area contributed by atoms with E-state index in [2.05, 4.69) is 43.4 Å². The first kappa shape index (κ1) is 13.0. The van der Waals surface area contributed by atoms with Crippen molar-refractivity contribution in [3.63, 3.8) is 0 Å². The third kappa shape index (κ3) is 4.23. The molecule has 0 saturated carbocycles. The van der Waals surface area contributed by atoms with Crippen LogP contribution in [0, 0.1) is 0 Å². The molecular formula is C14H23NO. The first-order valence-corrected chi connectivity index (χ1v) is 6.20. The summed E-state index contributed by atoms with van der Waals surface area (Å²) in [6.07, 6.45) is 3.60. The van der Waals surface area contributed by atoms with Crippen LogP contribution >= 0.6 is 0 Å². The Morgan fingerprint density at radius 3 is 2.38 bits per heavy atom. The van der Waals surface area contributed by atoms with Gasteiger partial charge in [-0.2, -0.15) is 0 Å². The standard InChI is InChI=1S/C14H23NO/c1-4-6-14(11-15-3)16-13-9-7-12(5-2)8-10-13/h7-10,14-15H,4-6,11H2,1-3H3. The average Bonchev–Trinajstić information content (AvgIpc) is 2.31. The van der Waals surface area contributed by atoms with Crippen molar-refractivity contribution in [3.05, 3.63) is 29.8 Å². The van der Waals surface area contributed by atoms with Crippen molar-refractivity contribution >= 4 is 0 Å². The van der Waals surface area contributed by atoms with Gasteiger partial charge in [0.2, 0.25) is 0 Å². The molecule has 0 aromatic heterocycles. The molecule has 90 valence electrons. The molecule has 0 radical (unpaired) electrons. The van der Waals surface area contributed by atoms with Gasteiger partial charge in [0.05, 0.1) is 0 Å². The van der Waals surface area contributed by atoms with Crippen LogP contribution in [0.25, 0.3) is 0 Å². The second-order valence-corrected chi connectivity index (χ2v) is 4.08. The summed E-state index contributed by atoms with van der Waals surface area (Å²) in [5.41, 5.74) is 1.35. The monoisotopic (exact) mass is 221 g/mol. The second kappa shape index (κ2) is 7.29. The molecule has 1 aromatic carbocycles. The minimum absolute atomic E-state index is 0.280. The van der Waals surface area contributed by atoms with E-state index in [1.165, 1.54) is 5.56 Å². The van der Waals surface area contributed by atoms with Crippen LogP contribution in [0.5, 0.6) is 5.75 Å². The summed E-state index contributed by atoms with van der Waals surface area (Å²) in [5.74, 6) is 0.978. The molecule has 1 unspecified atom stereocenters. The van der Waals surface area contributed by atoms with Gasteiger partial charge in [-0.1, -0.05) is 32.4 Å². The Balaban J connectivity index is 2.54. The third-order valence-electron chi connectivity index (χ3n) is 2.68. The van der Waals surface area contributed by atoms with E-state index in [-0.39, 0.29) is 6.10 Å². The zero-order valence-corrected chi connectivity index (χ0v) is 10.6. The Morgan fingerprint density at radius 2 is 1.88 bits per heavy atom. The van der Waals surface area contributed by atoms with Crippen LogP contribution in [-0.2, 0) is 6.42 Å². The second-order valence-electron chi connectivity index (χ2n) is 4.08. The molecule has 2 heteroatoms. The van der Waals surface area contributed by atoms with Gasteiger partial charge < -0.3 is 10.1 Å². The van der Waals surface area contributed by atoms with Crippen LogP contribution in [0.1, 0.15) is 32.3 Å². The van der Waals surface area contributed by atoms with Gasteiger partial charge in [-0.15, -0.1) is 0 Å². The van der Waals surface area contributed by atoms with E-state index in [0.29, 0.717) is 0 Å². The Morgan fingerprint density at radius 1 is 1.19 bits per heavy atom. The lowest BCUT2D eigenvalue weighted by atomic mass is 10.1. The highest BCUT2D eigenvalue weighted by Crippen LogP contribution is 2.15. The van der Waals surface area contributed by atoms with E-state index in [1.54, 1.807) is 0 Å². The van der Waals surface area contributed by atoms with Crippen LogP contribution in [0.2, 0.25) is 0 Å². The van der Waals surface area contributed by atoms with Gasteiger partial charge >= 0.3 is 0 Å². The summed E-state index contributed by atoms with van der Waals surface area (Å²) in [5, 5.41) is 3.17. The minimum atomic E-state index is 0.280. The van der Waals surface area contributed by atoms with Crippen LogP contribution < -0.4 is 10.1 Å². The highest BCUT2D eigenvalue weighted by Gasteiger charge is 2.07. The van der Waals surface area contributed by atoms with Crippen molar-refractivity contribution in [2.45, 2.75) is 39.2 Å². The lowest BCUT2D eigenvalue weighted by molar-refractivity contribution is 0.189. The van der Waals surface area contributed by atoms with Crippen LogP contribution in [0.3, 0.4) is 0 Å². The highest BCUT2D eigenvalue weighted by atomic mass is 16.5. The van der Waals surface area contributed by atoms with Gasteiger partial charge in [0.15, 0.2) is 0 Å². The smallest absolute Gasteiger partial charge is 0.119 e. The molecule has 1 rings (SSSR count). The SMILES string of the molecule is CCCC(CNC)Oc1ccc(CC)cc1. The molecule has 1 N–H and O–H groups in total. The van der Waals surface area contributed by atoms with E-state index in [9.17, 15) is 0 Å². The number of benzene rings is 1. The van der Waals surface area contributed by atoms with Gasteiger partial charge in [-0.25, -0.2) is 0 Å². The van der Waals surface area contributed by atoms with Gasteiger partial charge in [0.1, 0.15) is 11.9 Å². The molecule has 16 heavy (non-hydrogen) atoms. The van der Waals surface area contributed by atoms with Crippen molar-refractivity contribution in [1.82, 2.24) is 5.32 Å². The van der Waals surface area contributed by atoms with Crippen molar-refractivity contribution in [3.8, 4) is 5.75 Å². The Labute approximate surface area is 99.0 Å². The number of rotatable bonds is 7. The fourth-order valence-electron chi connectivity index (χ4n) is 1.75. The van der Waals surface area contributed by atoms with Crippen LogP contribution in [0.4, 0.5) is 0 Å². The Bertz CT molecular complexity index is 275. The van der Waals surface area contributed by atoms with Crippen molar-refractivity contribution < 1.29 is 4.74 Å². The Kier molecular flexibility index (Phi) is 5.94. The number of hydrogen-bond donors (Lipinski definition) is 1. The molecule has 0 aliphatic carbocycles. The number of hydrogen-bond acceptors (Lipinski definition) is 2. The van der Waals surface area contributed by atoms with E-state index in [4.69, 9.17) is 4.74 Å². The molecule has 1 aromatic rings. The first-order chi connectivity index (χ1) is 7.80. The quantitative estimate of drug-likeness (QED) is 0.764. The van der Waals surface area contributed by atoms with Gasteiger partial charge in [0, 0.05) is 6.54 Å². The predicted octanol–water partition coefficient (Wildman–Crippen LogP) is 3.02. The average molecular weight is 221 g/mol. The number of ether oxygens (including phenoxy) is 1. The molecule has 0 fully saturated rings. The van der Waals surface area contributed by atoms with E-state index in [0.717, 1.165) is 31.6 Å². The topological polar surface area (TPSA) is 21.3 Å². The van der Waals surface area contributed by atoms with E-state index in [1.807, 2.05) is 7.05 Å². The lowest BCUT2D eigenvalue weighted by Crippen LogP contribution is -2.29. The summed E-state index contributed by atoms with van der Waals surface area (Å²) in [7, 11) is 1.96. The Hall–Kier alpha value is -1.02. The maximum absolute atomic E-state index is 5.93.